The van der Waals surface area contributed by atoms with Crippen LogP contribution in [0.15, 0.2) is 33.9 Å². The number of aliphatic hydroxyl groups is 1. The van der Waals surface area contributed by atoms with Crippen LogP contribution in [0.2, 0.25) is 5.02 Å². The molecule has 0 radical (unpaired) electrons. The highest BCUT2D eigenvalue weighted by Gasteiger charge is 2.22. The lowest BCUT2D eigenvalue weighted by Crippen LogP contribution is -2.15. The molecule has 0 saturated heterocycles. The van der Waals surface area contributed by atoms with Gasteiger partial charge in [0.25, 0.3) is 10.0 Å². The summed E-state index contributed by atoms with van der Waals surface area (Å²) in [5, 5.41) is 12.3. The fraction of sp³-hybridized carbons (Fsp3) is 0.0909. The summed E-state index contributed by atoms with van der Waals surface area (Å²) in [4.78, 5) is -0.588. The second-order valence-corrected chi connectivity index (χ2v) is 6.52. The third kappa shape index (κ3) is 3.06. The predicted molar refractivity (Wildman–Crippen MR) is 72.5 cm³/mol. The first-order valence-corrected chi connectivity index (χ1v) is 7.88. The van der Waals surface area contributed by atoms with E-state index in [1.54, 1.807) is 16.8 Å². The van der Waals surface area contributed by atoms with Gasteiger partial charge in [0, 0.05) is 16.0 Å². The van der Waals surface area contributed by atoms with E-state index in [1.807, 2.05) is 0 Å². The molecule has 0 unspecified atom stereocenters. The third-order valence-electron chi connectivity index (χ3n) is 2.31. The van der Waals surface area contributed by atoms with E-state index >= 15 is 0 Å². The molecule has 2 aromatic rings. The Balaban J connectivity index is 2.48. The number of thiophene rings is 1. The highest BCUT2D eigenvalue weighted by atomic mass is 35.5. The maximum atomic E-state index is 13.9. The molecule has 0 aliphatic rings. The standard InChI is InChI=1S/C11H9ClFNO3S2/c12-8-3-7(5-15)11(13)10(4-8)19(16,17)14-9-1-2-18-6-9/h1-4,6,14-15H,5H2. The summed E-state index contributed by atoms with van der Waals surface area (Å²) in [6.45, 7) is -0.632. The van der Waals surface area contributed by atoms with Crippen LogP contribution in [0.4, 0.5) is 10.1 Å². The van der Waals surface area contributed by atoms with Crippen LogP contribution in [0, 0.1) is 5.82 Å². The lowest BCUT2D eigenvalue weighted by molar-refractivity contribution is 0.274. The molecule has 1 aromatic heterocycles. The summed E-state index contributed by atoms with van der Waals surface area (Å²) >= 11 is 7.02. The van der Waals surface area contributed by atoms with Gasteiger partial charge in [-0.3, -0.25) is 4.72 Å². The molecular formula is C11H9ClFNO3S2. The molecule has 1 heterocycles. The summed E-state index contributed by atoms with van der Waals surface area (Å²) in [6, 6.07) is 3.74. The highest BCUT2D eigenvalue weighted by molar-refractivity contribution is 7.92. The van der Waals surface area contributed by atoms with Gasteiger partial charge in [-0.15, -0.1) is 0 Å². The van der Waals surface area contributed by atoms with Crippen molar-refractivity contribution in [2.75, 3.05) is 4.72 Å². The zero-order chi connectivity index (χ0) is 14.0. The van der Waals surface area contributed by atoms with Crippen molar-refractivity contribution in [3.05, 3.63) is 45.4 Å². The van der Waals surface area contributed by atoms with Gasteiger partial charge in [-0.2, -0.15) is 11.3 Å². The van der Waals surface area contributed by atoms with Crippen molar-refractivity contribution < 1.29 is 17.9 Å². The summed E-state index contributed by atoms with van der Waals surface area (Å²) in [7, 11) is -4.08. The summed E-state index contributed by atoms with van der Waals surface area (Å²) in [5.41, 5.74) is 0.174. The predicted octanol–water partition coefficient (Wildman–Crippen LogP) is 2.83. The fourth-order valence-electron chi connectivity index (χ4n) is 1.46. The molecule has 8 heteroatoms. The van der Waals surface area contributed by atoms with Gasteiger partial charge < -0.3 is 5.11 Å². The lowest BCUT2D eigenvalue weighted by Gasteiger charge is -2.10. The quantitative estimate of drug-likeness (QED) is 0.910. The SMILES string of the molecule is O=S(=O)(Nc1ccsc1)c1cc(Cl)cc(CO)c1F. The zero-order valence-corrected chi connectivity index (χ0v) is 11.8. The van der Waals surface area contributed by atoms with E-state index in [0.717, 1.165) is 6.07 Å². The Kier molecular flexibility index (Phi) is 4.10. The van der Waals surface area contributed by atoms with Gasteiger partial charge in [-0.05, 0) is 23.6 Å². The number of aliphatic hydroxyl groups excluding tert-OH is 1. The van der Waals surface area contributed by atoms with Gasteiger partial charge in [0.15, 0.2) is 0 Å². The van der Waals surface area contributed by atoms with Gasteiger partial charge in [0.1, 0.15) is 10.7 Å². The first-order chi connectivity index (χ1) is 8.94. The molecule has 0 spiro atoms. The molecule has 2 rings (SSSR count). The summed E-state index contributed by atoms with van der Waals surface area (Å²) in [6.07, 6.45) is 0. The Hall–Kier alpha value is -1.15. The van der Waals surface area contributed by atoms with Crippen LogP contribution in [0.3, 0.4) is 0 Å². The molecule has 0 fully saturated rings. The Morgan fingerprint density at radius 3 is 2.74 bits per heavy atom. The van der Waals surface area contributed by atoms with Crippen LogP contribution in [0.25, 0.3) is 0 Å². The Morgan fingerprint density at radius 1 is 1.42 bits per heavy atom. The Labute approximate surface area is 118 Å². The molecule has 0 aliphatic carbocycles. The van der Waals surface area contributed by atoms with Crippen molar-refractivity contribution in [1.29, 1.82) is 0 Å². The molecule has 2 N–H and O–H groups in total. The van der Waals surface area contributed by atoms with Gasteiger partial charge in [0.2, 0.25) is 0 Å². The molecular weight excluding hydrogens is 313 g/mol. The van der Waals surface area contributed by atoms with Crippen molar-refractivity contribution in [2.24, 2.45) is 0 Å². The topological polar surface area (TPSA) is 66.4 Å². The van der Waals surface area contributed by atoms with Crippen LogP contribution < -0.4 is 4.72 Å². The van der Waals surface area contributed by atoms with Crippen molar-refractivity contribution >= 4 is 38.6 Å². The first-order valence-electron chi connectivity index (χ1n) is 5.08. The lowest BCUT2D eigenvalue weighted by atomic mass is 10.2. The van der Waals surface area contributed by atoms with E-state index in [-0.39, 0.29) is 10.6 Å². The number of hydrogen-bond donors (Lipinski definition) is 2. The normalized spacial score (nSPS) is 11.5. The van der Waals surface area contributed by atoms with E-state index in [4.69, 9.17) is 16.7 Å². The summed E-state index contributed by atoms with van der Waals surface area (Å²) < 4.78 is 40.3. The van der Waals surface area contributed by atoms with E-state index in [2.05, 4.69) is 4.72 Å². The zero-order valence-electron chi connectivity index (χ0n) is 9.43. The highest BCUT2D eigenvalue weighted by Crippen LogP contribution is 2.26. The molecule has 0 bridgehead atoms. The van der Waals surface area contributed by atoms with Crippen LogP contribution in [0.1, 0.15) is 5.56 Å². The van der Waals surface area contributed by atoms with Crippen molar-refractivity contribution in [2.45, 2.75) is 11.5 Å². The van der Waals surface area contributed by atoms with Crippen molar-refractivity contribution in [3.63, 3.8) is 0 Å². The van der Waals surface area contributed by atoms with Crippen LogP contribution in [0.5, 0.6) is 0 Å². The van der Waals surface area contributed by atoms with Crippen LogP contribution >= 0.6 is 22.9 Å². The molecule has 0 amide bonds. The number of nitrogens with one attached hydrogen (secondary N) is 1. The largest absolute Gasteiger partial charge is 0.392 e. The smallest absolute Gasteiger partial charge is 0.264 e. The fourth-order valence-corrected chi connectivity index (χ4v) is 3.63. The number of anilines is 1. The average Bonchev–Trinajstić information content (AvgIpc) is 2.83. The minimum atomic E-state index is -4.08. The minimum Gasteiger partial charge on any atom is -0.392 e. The van der Waals surface area contributed by atoms with Crippen LogP contribution in [-0.2, 0) is 16.6 Å². The monoisotopic (exact) mass is 321 g/mol. The molecule has 0 aliphatic heterocycles. The van der Waals surface area contributed by atoms with E-state index in [1.165, 1.54) is 17.4 Å². The maximum Gasteiger partial charge on any atom is 0.264 e. The molecule has 19 heavy (non-hydrogen) atoms. The maximum absolute atomic E-state index is 13.9. The van der Waals surface area contributed by atoms with Gasteiger partial charge in [-0.25, -0.2) is 12.8 Å². The van der Waals surface area contributed by atoms with Crippen LogP contribution in [-0.4, -0.2) is 13.5 Å². The third-order valence-corrected chi connectivity index (χ3v) is 4.59. The average molecular weight is 322 g/mol. The van der Waals surface area contributed by atoms with Crippen molar-refractivity contribution in [3.8, 4) is 0 Å². The Bertz CT molecular complexity index is 686. The molecule has 0 atom stereocenters. The van der Waals surface area contributed by atoms with Gasteiger partial charge in [0.05, 0.1) is 12.3 Å². The van der Waals surface area contributed by atoms with E-state index < -0.39 is 27.3 Å². The number of hydrogen-bond acceptors (Lipinski definition) is 4. The molecule has 102 valence electrons. The minimum absolute atomic E-state index is 0.0381. The molecule has 4 nitrogen and oxygen atoms in total. The number of benzene rings is 1. The number of halogens is 2. The molecule has 0 saturated carbocycles. The van der Waals surface area contributed by atoms with E-state index in [0.29, 0.717) is 5.69 Å². The van der Waals surface area contributed by atoms with Crippen molar-refractivity contribution in [1.82, 2.24) is 0 Å². The second-order valence-electron chi connectivity index (χ2n) is 3.65. The summed E-state index contributed by atoms with van der Waals surface area (Å²) in [5.74, 6) is -1.00. The van der Waals surface area contributed by atoms with Gasteiger partial charge >= 0.3 is 0 Å². The Morgan fingerprint density at radius 2 is 2.16 bits per heavy atom. The van der Waals surface area contributed by atoms with E-state index in [9.17, 15) is 12.8 Å². The number of rotatable bonds is 4. The second kappa shape index (κ2) is 5.46. The number of sulfonamides is 1. The molecule has 1 aromatic carbocycles. The first kappa shape index (κ1) is 14.3. The van der Waals surface area contributed by atoms with Gasteiger partial charge in [-0.1, -0.05) is 11.6 Å².